The minimum absolute atomic E-state index is 0.0944. The standard InChI is InChI=1S/C23H26FN3O4/c1-16-23(29)27(19-4-2-3-5-21(19)31-16)15-22(28)25-14-20(26-10-12-30-13-11-26)17-6-8-18(24)9-7-17/h2-9,16,20H,10-15H2,1H3,(H,25,28)/t16-,20+/m1/s1. The van der Waals surface area contributed by atoms with E-state index in [1.54, 1.807) is 37.3 Å². The molecule has 2 aromatic carbocycles. The molecule has 0 aliphatic carbocycles. The number of rotatable bonds is 6. The van der Waals surface area contributed by atoms with Gasteiger partial charge < -0.3 is 14.8 Å². The largest absolute Gasteiger partial charge is 0.479 e. The SMILES string of the molecule is C[C@H]1Oc2ccccc2N(CC(=O)NC[C@@H](c2ccc(F)cc2)N2CCOCC2)C1=O. The van der Waals surface area contributed by atoms with E-state index in [-0.39, 0.29) is 30.2 Å². The van der Waals surface area contributed by atoms with Crippen molar-refractivity contribution in [3.05, 3.63) is 59.9 Å². The number of benzene rings is 2. The lowest BCUT2D eigenvalue weighted by Gasteiger charge is -2.35. The number of hydrogen-bond acceptors (Lipinski definition) is 5. The Balaban J connectivity index is 1.45. The first-order valence-electron chi connectivity index (χ1n) is 10.4. The van der Waals surface area contributed by atoms with Crippen molar-refractivity contribution in [2.24, 2.45) is 0 Å². The maximum atomic E-state index is 13.4. The van der Waals surface area contributed by atoms with Gasteiger partial charge in [-0.05, 0) is 36.8 Å². The molecular weight excluding hydrogens is 401 g/mol. The van der Waals surface area contributed by atoms with Gasteiger partial charge in [0.2, 0.25) is 5.91 Å². The first-order valence-corrected chi connectivity index (χ1v) is 10.4. The van der Waals surface area contributed by atoms with Gasteiger partial charge in [0, 0.05) is 19.6 Å². The average Bonchev–Trinajstić information content (AvgIpc) is 2.79. The number of fused-ring (bicyclic) bond motifs is 1. The molecule has 2 heterocycles. The van der Waals surface area contributed by atoms with Gasteiger partial charge in [-0.15, -0.1) is 0 Å². The molecule has 2 atom stereocenters. The number of carbonyl (C=O) groups excluding carboxylic acids is 2. The summed E-state index contributed by atoms with van der Waals surface area (Å²) < 4.78 is 24.5. The van der Waals surface area contributed by atoms with Gasteiger partial charge in [0.25, 0.3) is 5.91 Å². The highest BCUT2D eigenvalue weighted by atomic mass is 19.1. The van der Waals surface area contributed by atoms with Crippen LogP contribution in [-0.2, 0) is 14.3 Å². The third-order valence-electron chi connectivity index (χ3n) is 5.61. The number of carbonyl (C=O) groups is 2. The molecule has 2 aliphatic rings. The molecule has 2 aromatic rings. The Morgan fingerprint density at radius 3 is 2.61 bits per heavy atom. The first kappa shape index (κ1) is 21.3. The van der Waals surface area contributed by atoms with Crippen LogP contribution >= 0.6 is 0 Å². The average molecular weight is 427 g/mol. The lowest BCUT2D eigenvalue weighted by Crippen LogP contribution is -2.50. The van der Waals surface area contributed by atoms with Gasteiger partial charge in [-0.1, -0.05) is 24.3 Å². The number of ether oxygens (including phenoxy) is 2. The van der Waals surface area contributed by atoms with Crippen molar-refractivity contribution >= 4 is 17.5 Å². The van der Waals surface area contributed by atoms with Gasteiger partial charge in [-0.3, -0.25) is 19.4 Å². The second kappa shape index (κ2) is 9.45. The monoisotopic (exact) mass is 427 g/mol. The number of nitrogens with zero attached hydrogens (tertiary/aromatic N) is 2. The lowest BCUT2D eigenvalue weighted by molar-refractivity contribution is -0.128. The van der Waals surface area contributed by atoms with Crippen molar-refractivity contribution in [2.45, 2.75) is 19.1 Å². The van der Waals surface area contributed by atoms with E-state index in [0.717, 1.165) is 18.7 Å². The number of nitrogens with one attached hydrogen (secondary N) is 1. The van der Waals surface area contributed by atoms with E-state index in [9.17, 15) is 14.0 Å². The fourth-order valence-electron chi connectivity index (χ4n) is 3.96. The molecule has 0 radical (unpaired) electrons. The minimum Gasteiger partial charge on any atom is -0.479 e. The summed E-state index contributed by atoms with van der Waals surface area (Å²) in [5.74, 6) is -0.234. The van der Waals surface area contributed by atoms with Gasteiger partial charge in [-0.2, -0.15) is 0 Å². The molecule has 1 saturated heterocycles. The molecule has 0 aromatic heterocycles. The Morgan fingerprint density at radius 2 is 1.87 bits per heavy atom. The summed E-state index contributed by atoms with van der Waals surface area (Å²) in [4.78, 5) is 29.1. The Bertz CT molecular complexity index is 931. The number of hydrogen-bond donors (Lipinski definition) is 1. The summed E-state index contributed by atoms with van der Waals surface area (Å²) in [7, 11) is 0. The summed E-state index contributed by atoms with van der Waals surface area (Å²) in [5, 5.41) is 2.96. The maximum absolute atomic E-state index is 13.4. The molecule has 0 bridgehead atoms. The number of amides is 2. The fourth-order valence-corrected chi connectivity index (χ4v) is 3.96. The second-order valence-electron chi connectivity index (χ2n) is 7.67. The van der Waals surface area contributed by atoms with Gasteiger partial charge in [0.05, 0.1) is 24.9 Å². The molecule has 2 aliphatic heterocycles. The zero-order valence-corrected chi connectivity index (χ0v) is 17.4. The van der Waals surface area contributed by atoms with Crippen molar-refractivity contribution in [1.29, 1.82) is 0 Å². The molecule has 0 unspecified atom stereocenters. The lowest BCUT2D eigenvalue weighted by atomic mass is 10.0. The third-order valence-corrected chi connectivity index (χ3v) is 5.61. The molecule has 4 rings (SSSR count). The fraction of sp³-hybridized carbons (Fsp3) is 0.391. The van der Waals surface area contributed by atoms with Crippen LogP contribution in [0.5, 0.6) is 5.75 Å². The highest BCUT2D eigenvalue weighted by Gasteiger charge is 2.32. The molecular formula is C23H26FN3O4. The van der Waals surface area contributed by atoms with Crippen LogP contribution in [0.4, 0.5) is 10.1 Å². The van der Waals surface area contributed by atoms with Gasteiger partial charge in [0.15, 0.2) is 6.10 Å². The van der Waals surface area contributed by atoms with E-state index in [2.05, 4.69) is 10.2 Å². The van der Waals surface area contributed by atoms with Crippen LogP contribution in [0.2, 0.25) is 0 Å². The summed E-state index contributed by atoms with van der Waals surface area (Å²) in [6.45, 7) is 4.61. The third kappa shape index (κ3) is 4.86. The van der Waals surface area contributed by atoms with E-state index in [4.69, 9.17) is 9.47 Å². The predicted molar refractivity (Wildman–Crippen MR) is 113 cm³/mol. The topological polar surface area (TPSA) is 71.1 Å². The smallest absolute Gasteiger partial charge is 0.268 e. The van der Waals surface area contributed by atoms with E-state index < -0.39 is 6.10 Å². The van der Waals surface area contributed by atoms with E-state index in [1.807, 2.05) is 6.07 Å². The normalized spacial score (nSPS) is 20.0. The Hall–Kier alpha value is -2.97. The highest BCUT2D eigenvalue weighted by molar-refractivity contribution is 6.03. The van der Waals surface area contributed by atoms with Crippen molar-refractivity contribution in [1.82, 2.24) is 10.2 Å². The molecule has 31 heavy (non-hydrogen) atoms. The summed E-state index contributed by atoms with van der Waals surface area (Å²) in [5.41, 5.74) is 1.51. The molecule has 0 spiro atoms. The molecule has 7 nitrogen and oxygen atoms in total. The van der Waals surface area contributed by atoms with Crippen LogP contribution in [-0.4, -0.2) is 62.2 Å². The van der Waals surface area contributed by atoms with Crippen LogP contribution in [0.3, 0.4) is 0 Å². The second-order valence-corrected chi connectivity index (χ2v) is 7.67. The molecule has 0 saturated carbocycles. The van der Waals surface area contributed by atoms with Crippen LogP contribution in [0, 0.1) is 5.82 Å². The van der Waals surface area contributed by atoms with Crippen molar-refractivity contribution in [3.8, 4) is 5.75 Å². The number of para-hydroxylation sites is 2. The quantitative estimate of drug-likeness (QED) is 0.765. The zero-order valence-electron chi connectivity index (χ0n) is 17.4. The van der Waals surface area contributed by atoms with E-state index in [0.29, 0.717) is 31.2 Å². The zero-order chi connectivity index (χ0) is 21.8. The summed E-state index contributed by atoms with van der Waals surface area (Å²) in [6.07, 6.45) is -0.650. The Morgan fingerprint density at radius 1 is 1.16 bits per heavy atom. The van der Waals surface area contributed by atoms with Gasteiger partial charge in [0.1, 0.15) is 18.1 Å². The summed E-state index contributed by atoms with van der Waals surface area (Å²) in [6, 6.07) is 13.4. The van der Waals surface area contributed by atoms with Gasteiger partial charge in [-0.25, -0.2) is 4.39 Å². The van der Waals surface area contributed by atoms with Crippen LogP contribution in [0.15, 0.2) is 48.5 Å². The van der Waals surface area contributed by atoms with Gasteiger partial charge >= 0.3 is 0 Å². The first-order chi connectivity index (χ1) is 15.0. The predicted octanol–water partition coefficient (Wildman–Crippen LogP) is 2.13. The Kier molecular flexibility index (Phi) is 6.48. The maximum Gasteiger partial charge on any atom is 0.268 e. The number of halogens is 1. The van der Waals surface area contributed by atoms with E-state index in [1.165, 1.54) is 17.0 Å². The Labute approximate surface area is 180 Å². The number of morpholine rings is 1. The molecule has 1 N–H and O–H groups in total. The minimum atomic E-state index is -0.650. The molecule has 164 valence electrons. The summed E-state index contributed by atoms with van der Waals surface area (Å²) >= 11 is 0. The number of anilines is 1. The van der Waals surface area contributed by atoms with Crippen LogP contribution < -0.4 is 15.0 Å². The van der Waals surface area contributed by atoms with Crippen LogP contribution in [0.1, 0.15) is 18.5 Å². The molecule has 1 fully saturated rings. The highest BCUT2D eigenvalue weighted by Crippen LogP contribution is 2.33. The van der Waals surface area contributed by atoms with Crippen LogP contribution in [0.25, 0.3) is 0 Å². The molecule has 8 heteroatoms. The van der Waals surface area contributed by atoms with Crippen molar-refractivity contribution < 1.29 is 23.5 Å². The molecule has 2 amide bonds. The van der Waals surface area contributed by atoms with Crippen molar-refractivity contribution in [2.75, 3.05) is 44.3 Å². The van der Waals surface area contributed by atoms with Crippen molar-refractivity contribution in [3.63, 3.8) is 0 Å². The van der Waals surface area contributed by atoms with E-state index >= 15 is 0 Å².